The van der Waals surface area contributed by atoms with Crippen molar-refractivity contribution < 1.29 is 14.2 Å². The summed E-state index contributed by atoms with van der Waals surface area (Å²) in [5, 5.41) is 0. The third kappa shape index (κ3) is 2.91. The van der Waals surface area contributed by atoms with E-state index in [0.29, 0.717) is 42.4 Å². The van der Waals surface area contributed by atoms with Gasteiger partial charge in [-0.3, -0.25) is 0 Å². The Kier molecular flexibility index (Phi) is 4.48. The number of hydrogen-bond acceptors (Lipinski definition) is 6. The highest BCUT2D eigenvalue weighted by atomic mass is 16.5. The molecule has 0 aliphatic carbocycles. The summed E-state index contributed by atoms with van der Waals surface area (Å²) in [4.78, 5) is 8.71. The molecule has 6 heteroatoms. The molecule has 1 aromatic carbocycles. The molecule has 0 saturated carbocycles. The van der Waals surface area contributed by atoms with Crippen LogP contribution in [0.1, 0.15) is 5.56 Å². The lowest BCUT2D eigenvalue weighted by Gasteiger charge is -2.11. The van der Waals surface area contributed by atoms with Gasteiger partial charge in [0, 0.05) is 13.7 Å². The average molecular weight is 263 g/mol. The first kappa shape index (κ1) is 13.5. The van der Waals surface area contributed by atoms with E-state index in [-0.39, 0.29) is 0 Å². The Morgan fingerprint density at radius 3 is 2.68 bits per heavy atom. The highest BCUT2D eigenvalue weighted by Crippen LogP contribution is 2.26. The molecule has 0 aliphatic heterocycles. The lowest BCUT2D eigenvalue weighted by Crippen LogP contribution is -2.06. The van der Waals surface area contributed by atoms with Crippen LogP contribution in [0.2, 0.25) is 0 Å². The van der Waals surface area contributed by atoms with Crippen molar-refractivity contribution in [2.24, 2.45) is 5.73 Å². The van der Waals surface area contributed by atoms with Crippen molar-refractivity contribution >= 4 is 11.0 Å². The average Bonchev–Trinajstić information content (AvgIpc) is 2.47. The smallest absolute Gasteiger partial charge is 0.232 e. The topological polar surface area (TPSA) is 79.5 Å². The fraction of sp³-hybridized carbons (Fsp3) is 0.385. The number of ether oxygens (including phenoxy) is 3. The number of fused-ring (bicyclic) bond motifs is 1. The number of rotatable bonds is 6. The maximum Gasteiger partial charge on any atom is 0.232 e. The Morgan fingerprint density at radius 2 is 2.00 bits per heavy atom. The Hall–Kier alpha value is -1.92. The summed E-state index contributed by atoms with van der Waals surface area (Å²) in [5.41, 5.74) is 8.00. The minimum Gasteiger partial charge on any atom is -0.489 e. The molecule has 0 radical (unpaired) electrons. The third-order valence-electron chi connectivity index (χ3n) is 2.70. The van der Waals surface area contributed by atoms with Gasteiger partial charge in [-0.1, -0.05) is 6.07 Å². The van der Waals surface area contributed by atoms with Crippen LogP contribution in [0.25, 0.3) is 11.0 Å². The monoisotopic (exact) mass is 263 g/mol. The highest BCUT2D eigenvalue weighted by Gasteiger charge is 2.10. The molecular formula is C13H17N3O3. The molecule has 0 bridgehead atoms. The van der Waals surface area contributed by atoms with E-state index in [1.165, 1.54) is 0 Å². The van der Waals surface area contributed by atoms with Gasteiger partial charge < -0.3 is 19.9 Å². The van der Waals surface area contributed by atoms with Gasteiger partial charge in [-0.05, 0) is 11.6 Å². The maximum absolute atomic E-state index is 5.71. The predicted molar refractivity (Wildman–Crippen MR) is 71.4 cm³/mol. The zero-order valence-corrected chi connectivity index (χ0v) is 11.0. The number of nitrogens with two attached hydrogens (primary N) is 1. The molecule has 2 rings (SSSR count). The first-order chi connectivity index (χ1) is 9.30. The van der Waals surface area contributed by atoms with Crippen LogP contribution in [0.4, 0.5) is 0 Å². The Labute approximate surface area is 111 Å². The Morgan fingerprint density at radius 1 is 1.16 bits per heavy atom. The zero-order valence-electron chi connectivity index (χ0n) is 11.0. The number of aromatic nitrogens is 2. The molecule has 0 aliphatic rings. The summed E-state index contributed by atoms with van der Waals surface area (Å²) in [6.07, 6.45) is 1.56. The van der Waals surface area contributed by atoms with E-state index in [2.05, 4.69) is 9.97 Å². The molecule has 0 amide bonds. The summed E-state index contributed by atoms with van der Waals surface area (Å²) < 4.78 is 15.7. The molecule has 0 saturated heterocycles. The van der Waals surface area contributed by atoms with E-state index in [1.807, 2.05) is 12.1 Å². The maximum atomic E-state index is 5.71. The molecular weight excluding hydrogens is 246 g/mol. The SMILES string of the molecule is COCCOc1ccc(CN)c2nc(OC)cnc12. The van der Waals surface area contributed by atoms with Gasteiger partial charge in [-0.2, -0.15) is 0 Å². The number of methoxy groups -OCH3 is 2. The van der Waals surface area contributed by atoms with Gasteiger partial charge >= 0.3 is 0 Å². The van der Waals surface area contributed by atoms with Gasteiger partial charge in [0.15, 0.2) is 0 Å². The van der Waals surface area contributed by atoms with Gasteiger partial charge in [0.05, 0.1) is 19.9 Å². The van der Waals surface area contributed by atoms with Crippen molar-refractivity contribution in [3.8, 4) is 11.6 Å². The van der Waals surface area contributed by atoms with Crippen molar-refractivity contribution in [2.75, 3.05) is 27.4 Å². The van der Waals surface area contributed by atoms with Crippen LogP contribution in [0.15, 0.2) is 18.3 Å². The minimum absolute atomic E-state index is 0.386. The van der Waals surface area contributed by atoms with Crippen LogP contribution in [-0.2, 0) is 11.3 Å². The van der Waals surface area contributed by atoms with Crippen molar-refractivity contribution in [3.63, 3.8) is 0 Å². The third-order valence-corrected chi connectivity index (χ3v) is 2.70. The molecule has 1 aromatic heterocycles. The molecule has 102 valence electrons. The minimum atomic E-state index is 0.386. The first-order valence-electron chi connectivity index (χ1n) is 5.94. The highest BCUT2D eigenvalue weighted by molar-refractivity contribution is 5.84. The van der Waals surface area contributed by atoms with Crippen molar-refractivity contribution in [2.45, 2.75) is 6.54 Å². The molecule has 2 aromatic rings. The van der Waals surface area contributed by atoms with Crippen molar-refractivity contribution in [1.29, 1.82) is 0 Å². The summed E-state index contributed by atoms with van der Waals surface area (Å²) >= 11 is 0. The second-order valence-corrected chi connectivity index (χ2v) is 3.88. The van der Waals surface area contributed by atoms with E-state index in [4.69, 9.17) is 19.9 Å². The largest absolute Gasteiger partial charge is 0.489 e. The summed E-state index contributed by atoms with van der Waals surface area (Å²) in [5.74, 6) is 1.12. The molecule has 2 N–H and O–H groups in total. The van der Waals surface area contributed by atoms with Gasteiger partial charge in [-0.15, -0.1) is 0 Å². The normalized spacial score (nSPS) is 10.7. The zero-order chi connectivity index (χ0) is 13.7. The van der Waals surface area contributed by atoms with Gasteiger partial charge in [0.25, 0.3) is 0 Å². The molecule has 6 nitrogen and oxygen atoms in total. The number of nitrogens with zero attached hydrogens (tertiary/aromatic N) is 2. The fourth-order valence-corrected chi connectivity index (χ4v) is 1.73. The Balaban J connectivity index is 2.43. The van der Waals surface area contributed by atoms with Crippen LogP contribution < -0.4 is 15.2 Å². The molecule has 1 heterocycles. The van der Waals surface area contributed by atoms with E-state index in [0.717, 1.165) is 5.56 Å². The van der Waals surface area contributed by atoms with Crippen molar-refractivity contribution in [1.82, 2.24) is 9.97 Å². The quantitative estimate of drug-likeness (QED) is 0.787. The van der Waals surface area contributed by atoms with E-state index < -0.39 is 0 Å². The van der Waals surface area contributed by atoms with Crippen LogP contribution in [0.5, 0.6) is 11.6 Å². The lowest BCUT2D eigenvalue weighted by molar-refractivity contribution is 0.147. The number of hydrogen-bond donors (Lipinski definition) is 1. The lowest BCUT2D eigenvalue weighted by atomic mass is 10.1. The van der Waals surface area contributed by atoms with Crippen LogP contribution in [-0.4, -0.2) is 37.4 Å². The second kappa shape index (κ2) is 6.31. The molecule has 0 unspecified atom stereocenters. The van der Waals surface area contributed by atoms with E-state index >= 15 is 0 Å². The molecule has 0 fully saturated rings. The van der Waals surface area contributed by atoms with Crippen molar-refractivity contribution in [3.05, 3.63) is 23.9 Å². The van der Waals surface area contributed by atoms with Crippen LogP contribution in [0, 0.1) is 0 Å². The fourth-order valence-electron chi connectivity index (χ4n) is 1.73. The van der Waals surface area contributed by atoms with E-state index in [1.54, 1.807) is 20.4 Å². The first-order valence-corrected chi connectivity index (χ1v) is 5.94. The summed E-state index contributed by atoms with van der Waals surface area (Å²) in [7, 11) is 3.18. The molecule has 0 atom stereocenters. The standard InChI is InChI=1S/C13H17N3O3/c1-17-5-6-19-10-4-3-9(7-14)12-13(10)15-8-11(16-12)18-2/h3-4,8H,5-7,14H2,1-2H3. The second-order valence-electron chi connectivity index (χ2n) is 3.88. The number of benzene rings is 1. The van der Waals surface area contributed by atoms with Gasteiger partial charge in [0.1, 0.15) is 23.4 Å². The molecule has 0 spiro atoms. The molecule has 19 heavy (non-hydrogen) atoms. The van der Waals surface area contributed by atoms with E-state index in [9.17, 15) is 0 Å². The predicted octanol–water partition coefficient (Wildman–Crippen LogP) is 1.12. The van der Waals surface area contributed by atoms with Crippen LogP contribution in [0.3, 0.4) is 0 Å². The van der Waals surface area contributed by atoms with Gasteiger partial charge in [-0.25, -0.2) is 9.97 Å². The Bertz CT molecular complexity index is 560. The summed E-state index contributed by atoms with van der Waals surface area (Å²) in [6, 6.07) is 3.74. The van der Waals surface area contributed by atoms with Crippen LogP contribution >= 0.6 is 0 Å². The summed E-state index contributed by atoms with van der Waals surface area (Å²) in [6.45, 7) is 1.36. The van der Waals surface area contributed by atoms with Gasteiger partial charge in [0.2, 0.25) is 5.88 Å².